The predicted octanol–water partition coefficient (Wildman–Crippen LogP) is 7.80. The molecule has 1 aromatic carbocycles. The lowest BCUT2D eigenvalue weighted by Crippen LogP contribution is -2.12. The van der Waals surface area contributed by atoms with Crippen molar-refractivity contribution in [2.75, 3.05) is 6.54 Å². The van der Waals surface area contributed by atoms with Gasteiger partial charge in [0, 0.05) is 35.8 Å². The lowest BCUT2D eigenvalue weighted by Gasteiger charge is -2.11. The van der Waals surface area contributed by atoms with Gasteiger partial charge in [-0.1, -0.05) is 35.9 Å². The monoisotopic (exact) mass is 514 g/mol. The number of hydrogen-bond acceptors (Lipinski definition) is 3. The first-order valence-corrected chi connectivity index (χ1v) is 12.5. The Morgan fingerprint density at radius 1 is 1.19 bits per heavy atom. The van der Waals surface area contributed by atoms with Crippen molar-refractivity contribution in [3.63, 3.8) is 0 Å². The maximum Gasteiger partial charge on any atom is 0.407 e. The summed E-state index contributed by atoms with van der Waals surface area (Å²) in [5, 5.41) is 0.454. The van der Waals surface area contributed by atoms with Crippen molar-refractivity contribution in [1.82, 2.24) is 14.5 Å². The van der Waals surface area contributed by atoms with Gasteiger partial charge in [-0.3, -0.25) is 4.99 Å². The first-order valence-electron chi connectivity index (χ1n) is 12.2. The van der Waals surface area contributed by atoms with Gasteiger partial charge in [0.2, 0.25) is 0 Å². The molecule has 0 unspecified atom stereocenters. The van der Waals surface area contributed by atoms with Gasteiger partial charge in [-0.25, -0.2) is 9.97 Å². The van der Waals surface area contributed by atoms with E-state index in [0.717, 1.165) is 58.0 Å². The van der Waals surface area contributed by atoms with E-state index in [1.54, 1.807) is 12.3 Å². The second-order valence-corrected chi connectivity index (χ2v) is 9.78. The summed E-state index contributed by atoms with van der Waals surface area (Å²) in [5.41, 5.74) is 7.12. The lowest BCUT2D eigenvalue weighted by molar-refractivity contribution is -0.118. The molecule has 190 valence electrons. The molecule has 0 atom stereocenters. The van der Waals surface area contributed by atoms with Crippen LogP contribution in [0.2, 0.25) is 5.15 Å². The number of imidazole rings is 1. The van der Waals surface area contributed by atoms with Crippen LogP contribution in [0, 0.1) is 19.8 Å². The molecule has 0 aliphatic heterocycles. The maximum atomic E-state index is 12.4. The molecule has 4 rings (SSSR count). The number of aromatic nitrogens is 3. The molecule has 4 nitrogen and oxygen atoms in total. The zero-order valence-corrected chi connectivity index (χ0v) is 21.5. The Balaban J connectivity index is 1.55. The molecule has 0 spiro atoms. The van der Waals surface area contributed by atoms with Crippen LogP contribution in [-0.4, -0.2) is 33.5 Å². The Morgan fingerprint density at radius 2 is 1.97 bits per heavy atom. The van der Waals surface area contributed by atoms with E-state index in [2.05, 4.69) is 46.6 Å². The summed E-state index contributed by atoms with van der Waals surface area (Å²) in [5.74, 6) is 1.59. The zero-order chi connectivity index (χ0) is 25.9. The van der Waals surface area contributed by atoms with E-state index in [9.17, 15) is 13.2 Å². The van der Waals surface area contributed by atoms with Gasteiger partial charge in [0.25, 0.3) is 0 Å². The van der Waals surface area contributed by atoms with Crippen LogP contribution in [-0.2, 0) is 13.0 Å². The smallest absolute Gasteiger partial charge is 0.327 e. The molecule has 0 N–H and O–H groups in total. The summed E-state index contributed by atoms with van der Waals surface area (Å²) in [6, 6.07) is 10.0. The normalized spacial score (nSPS) is 14.7. The standard InChI is InChI=1S/C28H30ClF3N4/c1-4-20(14-33-17-28(30,31)32)5-6-21-9-11-24(18(2)13-21)26-19(3)36(16-22-7-8-22)27(35-26)23-10-12-25(29)34-15-23/h4,9-15,22H,5-8,16-17H2,1-3H3/b20-4-,33-14?. The van der Waals surface area contributed by atoms with Crippen LogP contribution in [0.15, 0.2) is 53.2 Å². The van der Waals surface area contributed by atoms with E-state index in [1.807, 2.05) is 19.1 Å². The molecule has 8 heteroatoms. The van der Waals surface area contributed by atoms with Gasteiger partial charge in [0.05, 0.1) is 5.69 Å². The van der Waals surface area contributed by atoms with Crippen molar-refractivity contribution in [2.45, 2.75) is 59.2 Å². The minimum atomic E-state index is -4.28. The van der Waals surface area contributed by atoms with Crippen LogP contribution in [0.1, 0.15) is 43.0 Å². The fraction of sp³-hybridized carbons (Fsp3) is 0.393. The molecule has 0 radical (unpaired) electrons. The summed E-state index contributed by atoms with van der Waals surface area (Å²) >= 11 is 6.00. The maximum absolute atomic E-state index is 12.4. The molecule has 3 aromatic rings. The fourth-order valence-corrected chi connectivity index (χ4v) is 4.40. The molecule has 1 fully saturated rings. The van der Waals surface area contributed by atoms with Crippen LogP contribution >= 0.6 is 11.6 Å². The third-order valence-electron chi connectivity index (χ3n) is 6.49. The van der Waals surface area contributed by atoms with E-state index >= 15 is 0 Å². The average Bonchev–Trinajstić information content (AvgIpc) is 3.60. The number of allylic oxidation sites excluding steroid dienone is 2. The minimum absolute atomic E-state index is 0.454. The number of rotatable bonds is 9. The molecular weight excluding hydrogens is 485 g/mol. The van der Waals surface area contributed by atoms with E-state index in [4.69, 9.17) is 16.6 Å². The van der Waals surface area contributed by atoms with Gasteiger partial charge >= 0.3 is 6.18 Å². The summed E-state index contributed by atoms with van der Waals surface area (Å²) in [7, 11) is 0. The van der Waals surface area contributed by atoms with Crippen molar-refractivity contribution in [2.24, 2.45) is 10.9 Å². The molecular formula is C28H30ClF3N4. The van der Waals surface area contributed by atoms with Crippen LogP contribution in [0.5, 0.6) is 0 Å². The van der Waals surface area contributed by atoms with Crippen LogP contribution in [0.3, 0.4) is 0 Å². The van der Waals surface area contributed by atoms with E-state index in [0.29, 0.717) is 17.5 Å². The Hall–Kier alpha value is -2.93. The second kappa shape index (κ2) is 11.0. The quantitative estimate of drug-likeness (QED) is 0.216. The third-order valence-corrected chi connectivity index (χ3v) is 6.71. The van der Waals surface area contributed by atoms with Gasteiger partial charge in [0.15, 0.2) is 0 Å². The highest BCUT2D eigenvalue weighted by atomic mass is 35.5. The number of aliphatic imine (C=N–C) groups is 1. The molecule has 0 saturated heterocycles. The van der Waals surface area contributed by atoms with Gasteiger partial charge in [-0.2, -0.15) is 13.2 Å². The van der Waals surface area contributed by atoms with Gasteiger partial charge in [-0.15, -0.1) is 0 Å². The molecule has 36 heavy (non-hydrogen) atoms. The molecule has 0 bridgehead atoms. The van der Waals surface area contributed by atoms with E-state index < -0.39 is 12.7 Å². The van der Waals surface area contributed by atoms with E-state index in [-0.39, 0.29) is 0 Å². The third kappa shape index (κ3) is 6.64. The van der Waals surface area contributed by atoms with Crippen molar-refractivity contribution >= 4 is 17.8 Å². The summed E-state index contributed by atoms with van der Waals surface area (Å²) < 4.78 is 39.4. The molecule has 1 aliphatic carbocycles. The number of alkyl halides is 3. The topological polar surface area (TPSA) is 43.1 Å². The predicted molar refractivity (Wildman–Crippen MR) is 140 cm³/mol. The van der Waals surface area contributed by atoms with Crippen LogP contribution in [0.4, 0.5) is 13.2 Å². The SMILES string of the molecule is C/C=C(\C=NCC(F)(F)F)CCc1ccc(-c2nc(-c3ccc(Cl)nc3)n(CC3CC3)c2C)c(C)c1. The van der Waals surface area contributed by atoms with Crippen molar-refractivity contribution in [3.05, 3.63) is 70.2 Å². The highest BCUT2D eigenvalue weighted by Gasteiger charge is 2.27. The number of hydrogen-bond donors (Lipinski definition) is 0. The first kappa shape index (κ1) is 26.1. The Morgan fingerprint density at radius 3 is 2.58 bits per heavy atom. The summed E-state index contributed by atoms with van der Waals surface area (Å²) in [4.78, 5) is 12.8. The lowest BCUT2D eigenvalue weighted by atomic mass is 9.98. The van der Waals surface area contributed by atoms with Gasteiger partial charge < -0.3 is 4.57 Å². The Kier molecular flexibility index (Phi) is 7.98. The minimum Gasteiger partial charge on any atom is -0.327 e. The van der Waals surface area contributed by atoms with Gasteiger partial charge in [0.1, 0.15) is 17.5 Å². The second-order valence-electron chi connectivity index (χ2n) is 9.39. The zero-order valence-electron chi connectivity index (χ0n) is 20.7. The number of nitrogens with zero attached hydrogens (tertiary/aromatic N) is 4. The highest BCUT2D eigenvalue weighted by Crippen LogP contribution is 2.36. The Labute approximate surface area is 215 Å². The van der Waals surface area contributed by atoms with Crippen molar-refractivity contribution in [3.8, 4) is 22.6 Å². The van der Waals surface area contributed by atoms with Crippen molar-refractivity contribution in [1.29, 1.82) is 0 Å². The first-order chi connectivity index (χ1) is 17.1. The number of aryl methyl sites for hydroxylation is 2. The molecule has 0 amide bonds. The average molecular weight is 515 g/mol. The number of halogens is 4. The highest BCUT2D eigenvalue weighted by molar-refractivity contribution is 6.29. The molecule has 2 heterocycles. The summed E-state index contributed by atoms with van der Waals surface area (Å²) in [6.07, 6.45) is 4.46. The molecule has 1 saturated carbocycles. The number of benzene rings is 1. The Bertz CT molecular complexity index is 1270. The van der Waals surface area contributed by atoms with Gasteiger partial charge in [-0.05, 0) is 81.2 Å². The van der Waals surface area contributed by atoms with Crippen LogP contribution in [0.25, 0.3) is 22.6 Å². The van der Waals surface area contributed by atoms with Crippen molar-refractivity contribution < 1.29 is 13.2 Å². The van der Waals surface area contributed by atoms with E-state index in [1.165, 1.54) is 19.1 Å². The molecule has 1 aliphatic rings. The number of pyridine rings is 1. The van der Waals surface area contributed by atoms with Crippen LogP contribution < -0.4 is 0 Å². The largest absolute Gasteiger partial charge is 0.407 e. The molecule has 2 aromatic heterocycles. The fourth-order valence-electron chi connectivity index (χ4n) is 4.28. The summed E-state index contributed by atoms with van der Waals surface area (Å²) in [6.45, 7) is 5.79.